The van der Waals surface area contributed by atoms with Crippen LogP contribution in [-0.2, 0) is 11.3 Å². The highest BCUT2D eigenvalue weighted by atomic mass is 16.2. The van der Waals surface area contributed by atoms with Crippen LogP contribution in [0.5, 0.6) is 0 Å². The van der Waals surface area contributed by atoms with Gasteiger partial charge >= 0.3 is 0 Å². The summed E-state index contributed by atoms with van der Waals surface area (Å²) in [5.74, 6) is 1.23. The maximum Gasteiger partial charge on any atom is 0.266 e. The lowest BCUT2D eigenvalue weighted by atomic mass is 9.95. The number of aromatic nitrogens is 5. The molecule has 0 saturated carbocycles. The van der Waals surface area contributed by atoms with Crippen molar-refractivity contribution in [2.45, 2.75) is 51.7 Å². The maximum absolute atomic E-state index is 12.6. The topological polar surface area (TPSA) is 89.2 Å². The summed E-state index contributed by atoms with van der Waals surface area (Å²) in [5, 5.41) is 8.51. The van der Waals surface area contributed by atoms with Crippen molar-refractivity contribution < 1.29 is 4.79 Å². The fourth-order valence-electron chi connectivity index (χ4n) is 4.25. The van der Waals surface area contributed by atoms with E-state index in [9.17, 15) is 9.59 Å². The second-order valence-corrected chi connectivity index (χ2v) is 7.96. The lowest BCUT2D eigenvalue weighted by Gasteiger charge is -2.35. The summed E-state index contributed by atoms with van der Waals surface area (Å²) in [6.45, 7) is 7.38. The third kappa shape index (κ3) is 3.71. The lowest BCUT2D eigenvalue weighted by Crippen LogP contribution is -2.47. The molecule has 28 heavy (non-hydrogen) atoms. The van der Waals surface area contributed by atoms with Crippen molar-refractivity contribution in [2.75, 3.05) is 19.6 Å². The Morgan fingerprint density at radius 3 is 2.54 bits per heavy atom. The third-order valence-corrected chi connectivity index (χ3v) is 5.86. The highest BCUT2D eigenvalue weighted by Crippen LogP contribution is 2.25. The number of nitrogens with zero attached hydrogens (tertiary/aromatic N) is 7. The Bertz CT molecular complexity index is 869. The SMILES string of the molecule is CC(C)N1CCC(N2CCC(Cn3nc(-n4cncn4)ccc3=O)CC2)C1=O. The molecule has 2 aliphatic rings. The molecule has 2 aromatic rings. The van der Waals surface area contributed by atoms with E-state index < -0.39 is 0 Å². The predicted octanol–water partition coefficient (Wildman–Crippen LogP) is 0.545. The predicted molar refractivity (Wildman–Crippen MR) is 103 cm³/mol. The molecular weight excluding hydrogens is 358 g/mol. The second kappa shape index (κ2) is 7.83. The average Bonchev–Trinajstić information content (AvgIpc) is 3.34. The molecule has 0 aliphatic carbocycles. The first kappa shape index (κ1) is 18.8. The summed E-state index contributed by atoms with van der Waals surface area (Å²) in [7, 11) is 0. The molecule has 150 valence electrons. The van der Waals surface area contributed by atoms with Crippen LogP contribution in [0, 0.1) is 5.92 Å². The highest BCUT2D eigenvalue weighted by molar-refractivity contribution is 5.84. The van der Waals surface area contributed by atoms with Gasteiger partial charge in [0, 0.05) is 25.2 Å². The number of likely N-dealkylation sites (tertiary alicyclic amines) is 2. The van der Waals surface area contributed by atoms with Gasteiger partial charge in [0.2, 0.25) is 5.91 Å². The van der Waals surface area contributed by atoms with Crippen molar-refractivity contribution in [1.29, 1.82) is 0 Å². The minimum absolute atomic E-state index is 0.0276. The van der Waals surface area contributed by atoms with Crippen molar-refractivity contribution in [3.63, 3.8) is 0 Å². The van der Waals surface area contributed by atoms with Gasteiger partial charge in [-0.1, -0.05) is 0 Å². The van der Waals surface area contributed by atoms with Crippen molar-refractivity contribution in [3.05, 3.63) is 35.1 Å². The van der Waals surface area contributed by atoms with Crippen LogP contribution in [0.3, 0.4) is 0 Å². The minimum Gasteiger partial charge on any atom is -0.339 e. The molecule has 0 bridgehead atoms. The van der Waals surface area contributed by atoms with Crippen molar-refractivity contribution >= 4 is 5.91 Å². The summed E-state index contributed by atoms with van der Waals surface area (Å²) in [6, 6.07) is 3.48. The van der Waals surface area contributed by atoms with Crippen molar-refractivity contribution in [3.8, 4) is 5.82 Å². The molecule has 1 atom stereocenters. The van der Waals surface area contributed by atoms with Gasteiger partial charge in [-0.25, -0.2) is 14.3 Å². The zero-order chi connectivity index (χ0) is 19.7. The van der Waals surface area contributed by atoms with Crippen LogP contribution in [-0.4, -0.2) is 72.0 Å². The molecule has 4 heterocycles. The van der Waals surface area contributed by atoms with Gasteiger partial charge < -0.3 is 4.90 Å². The summed E-state index contributed by atoms with van der Waals surface area (Å²) in [5.41, 5.74) is -0.107. The van der Waals surface area contributed by atoms with Gasteiger partial charge in [0.1, 0.15) is 12.7 Å². The van der Waals surface area contributed by atoms with E-state index in [1.54, 1.807) is 17.1 Å². The normalized spacial score (nSPS) is 21.8. The molecule has 0 radical (unpaired) electrons. The molecule has 9 heteroatoms. The smallest absolute Gasteiger partial charge is 0.266 e. The number of piperidine rings is 1. The summed E-state index contributed by atoms with van der Waals surface area (Å²) in [4.78, 5) is 33.1. The zero-order valence-corrected chi connectivity index (χ0v) is 16.4. The first-order chi connectivity index (χ1) is 13.5. The molecule has 1 unspecified atom stereocenters. The molecule has 2 aromatic heterocycles. The van der Waals surface area contributed by atoms with Crippen LogP contribution >= 0.6 is 0 Å². The van der Waals surface area contributed by atoms with E-state index in [1.165, 1.54) is 17.1 Å². The monoisotopic (exact) mass is 385 g/mol. The van der Waals surface area contributed by atoms with Gasteiger partial charge in [-0.2, -0.15) is 5.10 Å². The number of amides is 1. The molecule has 0 N–H and O–H groups in total. The van der Waals surface area contributed by atoms with Crippen LogP contribution in [0.25, 0.3) is 5.82 Å². The van der Waals surface area contributed by atoms with Gasteiger partial charge in [-0.05, 0) is 58.2 Å². The van der Waals surface area contributed by atoms with E-state index in [2.05, 4.69) is 33.9 Å². The van der Waals surface area contributed by atoms with E-state index in [-0.39, 0.29) is 23.6 Å². The van der Waals surface area contributed by atoms with Crippen LogP contribution in [0.2, 0.25) is 0 Å². The largest absolute Gasteiger partial charge is 0.339 e. The molecule has 4 rings (SSSR count). The van der Waals surface area contributed by atoms with Gasteiger partial charge in [-0.3, -0.25) is 14.5 Å². The molecule has 1 amide bonds. The number of rotatable bonds is 5. The molecule has 0 spiro atoms. The van der Waals surface area contributed by atoms with Crippen LogP contribution in [0.1, 0.15) is 33.1 Å². The van der Waals surface area contributed by atoms with E-state index in [1.807, 2.05) is 4.90 Å². The highest BCUT2D eigenvalue weighted by Gasteiger charge is 2.38. The molecule has 2 fully saturated rings. The number of hydrogen-bond donors (Lipinski definition) is 0. The molecule has 9 nitrogen and oxygen atoms in total. The van der Waals surface area contributed by atoms with E-state index in [0.717, 1.165) is 38.9 Å². The minimum atomic E-state index is -0.107. The van der Waals surface area contributed by atoms with E-state index >= 15 is 0 Å². The Morgan fingerprint density at radius 1 is 1.11 bits per heavy atom. The second-order valence-electron chi connectivity index (χ2n) is 7.96. The van der Waals surface area contributed by atoms with Gasteiger partial charge in [0.25, 0.3) is 5.56 Å². The first-order valence-electron chi connectivity index (χ1n) is 10.0. The van der Waals surface area contributed by atoms with E-state index in [4.69, 9.17) is 0 Å². The molecule has 0 aromatic carbocycles. The standard InChI is InChI=1S/C19H27N7O2/c1-14(2)24-10-7-16(19(24)28)23-8-5-15(6-9-23)11-25-18(27)4-3-17(22-25)26-13-20-12-21-26/h3-4,12-16H,5-11H2,1-2H3. The fraction of sp³-hybridized carbons (Fsp3) is 0.632. The van der Waals surface area contributed by atoms with Crippen LogP contribution < -0.4 is 5.56 Å². The van der Waals surface area contributed by atoms with E-state index in [0.29, 0.717) is 18.3 Å². The number of carbonyl (C=O) groups is 1. The molecule has 2 aliphatic heterocycles. The van der Waals surface area contributed by atoms with Crippen molar-refractivity contribution in [1.82, 2.24) is 34.3 Å². The summed E-state index contributed by atoms with van der Waals surface area (Å²) >= 11 is 0. The van der Waals surface area contributed by atoms with Gasteiger partial charge in [-0.15, -0.1) is 5.10 Å². The Morgan fingerprint density at radius 2 is 1.89 bits per heavy atom. The quantitative estimate of drug-likeness (QED) is 0.747. The molecule has 2 saturated heterocycles. The Labute approximate surface area is 164 Å². The number of carbonyl (C=O) groups excluding carboxylic acids is 1. The number of hydrogen-bond acceptors (Lipinski definition) is 6. The molecular formula is C19H27N7O2. The third-order valence-electron chi connectivity index (χ3n) is 5.86. The Hall–Kier alpha value is -2.55. The lowest BCUT2D eigenvalue weighted by molar-refractivity contribution is -0.134. The Balaban J connectivity index is 1.37. The van der Waals surface area contributed by atoms with Crippen LogP contribution in [0.4, 0.5) is 0 Å². The van der Waals surface area contributed by atoms with Crippen molar-refractivity contribution in [2.24, 2.45) is 5.92 Å². The first-order valence-corrected chi connectivity index (χ1v) is 10.0. The average molecular weight is 385 g/mol. The summed E-state index contributed by atoms with van der Waals surface area (Å²) < 4.78 is 3.07. The summed E-state index contributed by atoms with van der Waals surface area (Å²) in [6.07, 6.45) is 5.86. The maximum atomic E-state index is 12.6. The Kier molecular flexibility index (Phi) is 5.25. The fourth-order valence-corrected chi connectivity index (χ4v) is 4.25. The zero-order valence-electron chi connectivity index (χ0n) is 16.4. The van der Waals surface area contributed by atoms with Gasteiger partial charge in [0.15, 0.2) is 5.82 Å². The van der Waals surface area contributed by atoms with Crippen LogP contribution in [0.15, 0.2) is 29.6 Å². The van der Waals surface area contributed by atoms with Gasteiger partial charge in [0.05, 0.1) is 6.04 Å².